The maximum Gasteiger partial charge on any atom is -0.0157 e. The van der Waals surface area contributed by atoms with Crippen molar-refractivity contribution < 1.29 is 0 Å². The van der Waals surface area contributed by atoms with Crippen LogP contribution in [0.15, 0.2) is 49.1 Å². The third-order valence-corrected chi connectivity index (χ3v) is 2.25. The molecule has 1 aliphatic rings. The first-order valence-corrected chi connectivity index (χ1v) is 4.50. The molecule has 0 nitrogen and oxygen atoms in total. The van der Waals surface area contributed by atoms with Crippen LogP contribution < -0.4 is 0 Å². The predicted octanol–water partition coefficient (Wildman–Crippen LogP) is 3.67. The minimum absolute atomic E-state index is 1.07. The minimum atomic E-state index is 1.07. The number of hydrogen-bond donors (Lipinski definition) is 0. The van der Waals surface area contributed by atoms with Crippen LogP contribution in [0.25, 0.3) is 11.6 Å². The third kappa shape index (κ3) is 1.62. The maximum absolute atomic E-state index is 3.73. The Morgan fingerprint density at radius 2 is 1.92 bits per heavy atom. The van der Waals surface area contributed by atoms with E-state index < -0.39 is 0 Å². The summed E-state index contributed by atoms with van der Waals surface area (Å²) in [6.45, 7) is 3.73. The van der Waals surface area contributed by atoms with Gasteiger partial charge in [0.25, 0.3) is 0 Å². The highest BCUT2D eigenvalue weighted by molar-refractivity contribution is 5.76. The van der Waals surface area contributed by atoms with E-state index in [1.165, 1.54) is 16.7 Å². The van der Waals surface area contributed by atoms with Gasteiger partial charge in [-0.1, -0.05) is 55.1 Å². The summed E-state index contributed by atoms with van der Waals surface area (Å²) >= 11 is 0. The van der Waals surface area contributed by atoms with E-state index in [9.17, 15) is 0 Å². The summed E-state index contributed by atoms with van der Waals surface area (Å²) < 4.78 is 0. The average Bonchev–Trinajstić information content (AvgIpc) is 2.71. The Labute approximate surface area is 78.9 Å². The molecule has 0 aromatic heterocycles. The largest absolute Gasteiger partial charge is 0.0985 e. The second kappa shape index (κ2) is 3.44. The highest BCUT2D eigenvalue weighted by Crippen LogP contribution is 2.21. The Bertz CT molecular complexity index is 364. The normalized spacial score (nSPS) is 14.3. The van der Waals surface area contributed by atoms with Crippen molar-refractivity contribution in [3.63, 3.8) is 0 Å². The Hall–Kier alpha value is -1.56. The number of allylic oxidation sites excluding steroid dienone is 4. The Morgan fingerprint density at radius 3 is 2.46 bits per heavy atom. The van der Waals surface area contributed by atoms with Gasteiger partial charge in [-0.05, 0) is 23.1 Å². The average molecular weight is 168 g/mol. The van der Waals surface area contributed by atoms with Crippen molar-refractivity contribution >= 4 is 11.6 Å². The van der Waals surface area contributed by atoms with E-state index in [2.05, 4.69) is 49.1 Å². The SMILES string of the molecule is C=Cc1ccc(C2=CCC=C2)cc1. The minimum Gasteiger partial charge on any atom is -0.0985 e. The van der Waals surface area contributed by atoms with E-state index in [0.717, 1.165) is 6.42 Å². The molecule has 0 radical (unpaired) electrons. The van der Waals surface area contributed by atoms with Gasteiger partial charge in [0.15, 0.2) is 0 Å². The molecule has 64 valence electrons. The molecular weight excluding hydrogens is 156 g/mol. The van der Waals surface area contributed by atoms with E-state index in [0.29, 0.717) is 0 Å². The van der Waals surface area contributed by atoms with Gasteiger partial charge in [0.1, 0.15) is 0 Å². The summed E-state index contributed by atoms with van der Waals surface area (Å²) in [5.74, 6) is 0. The van der Waals surface area contributed by atoms with Crippen molar-refractivity contribution in [1.82, 2.24) is 0 Å². The number of rotatable bonds is 2. The molecule has 2 rings (SSSR count). The van der Waals surface area contributed by atoms with Gasteiger partial charge in [-0.2, -0.15) is 0 Å². The summed E-state index contributed by atoms with van der Waals surface area (Å²) in [5.41, 5.74) is 3.79. The van der Waals surface area contributed by atoms with Crippen LogP contribution >= 0.6 is 0 Å². The van der Waals surface area contributed by atoms with Gasteiger partial charge in [-0.25, -0.2) is 0 Å². The van der Waals surface area contributed by atoms with Crippen molar-refractivity contribution in [1.29, 1.82) is 0 Å². The lowest BCUT2D eigenvalue weighted by atomic mass is 10.1. The standard InChI is InChI=1S/C13H12/c1-2-11-7-9-13(10-8-11)12-5-3-4-6-12/h2-3,5-10H,1,4H2. The topological polar surface area (TPSA) is 0 Å². The van der Waals surface area contributed by atoms with Crippen LogP contribution in [0.1, 0.15) is 17.5 Å². The van der Waals surface area contributed by atoms with Gasteiger partial charge in [-0.3, -0.25) is 0 Å². The van der Waals surface area contributed by atoms with Gasteiger partial charge in [-0.15, -0.1) is 0 Å². The molecule has 13 heavy (non-hydrogen) atoms. The third-order valence-electron chi connectivity index (χ3n) is 2.25. The Balaban J connectivity index is 2.32. The van der Waals surface area contributed by atoms with Gasteiger partial charge in [0.05, 0.1) is 0 Å². The van der Waals surface area contributed by atoms with Crippen LogP contribution in [0.3, 0.4) is 0 Å². The predicted molar refractivity (Wildman–Crippen MR) is 58.3 cm³/mol. The van der Waals surface area contributed by atoms with E-state index >= 15 is 0 Å². The number of benzene rings is 1. The molecule has 0 heteroatoms. The van der Waals surface area contributed by atoms with Crippen molar-refractivity contribution in [3.05, 3.63) is 60.2 Å². The van der Waals surface area contributed by atoms with E-state index in [1.54, 1.807) is 0 Å². The molecule has 0 amide bonds. The molecular formula is C13H12. The molecule has 0 spiro atoms. The van der Waals surface area contributed by atoms with Crippen LogP contribution in [-0.2, 0) is 0 Å². The lowest BCUT2D eigenvalue weighted by Crippen LogP contribution is -1.78. The highest BCUT2D eigenvalue weighted by atomic mass is 14.0. The second-order valence-corrected chi connectivity index (χ2v) is 3.12. The van der Waals surface area contributed by atoms with E-state index in [1.807, 2.05) is 6.08 Å². The summed E-state index contributed by atoms with van der Waals surface area (Å²) in [7, 11) is 0. The molecule has 0 N–H and O–H groups in total. The molecule has 0 unspecified atom stereocenters. The first-order chi connectivity index (χ1) is 6.40. The first kappa shape index (κ1) is 8.06. The zero-order valence-electron chi connectivity index (χ0n) is 7.53. The summed E-state index contributed by atoms with van der Waals surface area (Å²) in [5, 5.41) is 0. The van der Waals surface area contributed by atoms with Crippen LogP contribution in [0, 0.1) is 0 Å². The van der Waals surface area contributed by atoms with Crippen molar-refractivity contribution in [2.75, 3.05) is 0 Å². The van der Waals surface area contributed by atoms with Crippen LogP contribution in [0.4, 0.5) is 0 Å². The second-order valence-electron chi connectivity index (χ2n) is 3.12. The summed E-state index contributed by atoms with van der Waals surface area (Å²) in [6, 6.07) is 8.46. The van der Waals surface area contributed by atoms with Gasteiger partial charge >= 0.3 is 0 Å². The molecule has 0 fully saturated rings. The quantitative estimate of drug-likeness (QED) is 0.632. The van der Waals surface area contributed by atoms with Crippen LogP contribution in [-0.4, -0.2) is 0 Å². The molecule has 0 bridgehead atoms. The first-order valence-electron chi connectivity index (χ1n) is 4.50. The fourth-order valence-corrected chi connectivity index (χ4v) is 1.48. The fraction of sp³-hybridized carbons (Fsp3) is 0.0769. The Morgan fingerprint density at radius 1 is 1.15 bits per heavy atom. The zero-order valence-corrected chi connectivity index (χ0v) is 7.53. The Kier molecular flexibility index (Phi) is 2.13. The monoisotopic (exact) mass is 168 g/mol. The summed E-state index contributed by atoms with van der Waals surface area (Å²) in [4.78, 5) is 0. The van der Waals surface area contributed by atoms with Crippen molar-refractivity contribution in [2.24, 2.45) is 0 Å². The van der Waals surface area contributed by atoms with Crippen molar-refractivity contribution in [2.45, 2.75) is 6.42 Å². The highest BCUT2D eigenvalue weighted by Gasteiger charge is 1.99. The molecule has 1 aromatic carbocycles. The lowest BCUT2D eigenvalue weighted by molar-refractivity contribution is 1.45. The molecule has 0 saturated carbocycles. The van der Waals surface area contributed by atoms with Gasteiger partial charge in [0.2, 0.25) is 0 Å². The molecule has 0 heterocycles. The van der Waals surface area contributed by atoms with Crippen molar-refractivity contribution in [3.8, 4) is 0 Å². The number of hydrogen-bond acceptors (Lipinski definition) is 0. The fourth-order valence-electron chi connectivity index (χ4n) is 1.48. The van der Waals surface area contributed by atoms with Gasteiger partial charge < -0.3 is 0 Å². The molecule has 1 aromatic rings. The molecule has 0 atom stereocenters. The maximum atomic E-state index is 3.73. The smallest absolute Gasteiger partial charge is 0.0157 e. The van der Waals surface area contributed by atoms with E-state index in [-0.39, 0.29) is 0 Å². The summed E-state index contributed by atoms with van der Waals surface area (Å²) in [6.07, 6.45) is 9.52. The van der Waals surface area contributed by atoms with Gasteiger partial charge in [0, 0.05) is 0 Å². The molecule has 0 saturated heterocycles. The molecule has 0 aliphatic heterocycles. The zero-order chi connectivity index (χ0) is 9.10. The molecule has 1 aliphatic carbocycles. The van der Waals surface area contributed by atoms with Crippen LogP contribution in [0.5, 0.6) is 0 Å². The van der Waals surface area contributed by atoms with E-state index in [4.69, 9.17) is 0 Å². The lowest BCUT2D eigenvalue weighted by Gasteiger charge is -2.00. The van der Waals surface area contributed by atoms with Crippen LogP contribution in [0.2, 0.25) is 0 Å².